The molecule has 25 heavy (non-hydrogen) atoms. The third kappa shape index (κ3) is 3.51. The Labute approximate surface area is 158 Å². The number of nitrogens with zero attached hydrogens (tertiary/aromatic N) is 1. The minimum absolute atomic E-state index is 0.150. The fourth-order valence-corrected chi connectivity index (χ4v) is 3.26. The van der Waals surface area contributed by atoms with Crippen molar-refractivity contribution < 1.29 is 14.4 Å². The van der Waals surface area contributed by atoms with Crippen molar-refractivity contribution in [2.24, 2.45) is 0 Å². The number of carbonyl (C=O) groups excluding carboxylic acids is 3. The van der Waals surface area contributed by atoms with Crippen LogP contribution in [0.3, 0.4) is 0 Å². The Bertz CT molecular complexity index is 860. The number of fused-ring (bicyclic) bond motifs is 1. The lowest BCUT2D eigenvalue weighted by Gasteiger charge is -2.13. The van der Waals surface area contributed by atoms with E-state index in [1.807, 2.05) is 24.5 Å². The molecule has 3 amide bonds. The molecule has 1 N–H and O–H groups in total. The van der Waals surface area contributed by atoms with Gasteiger partial charge in [-0.3, -0.25) is 19.3 Å². The van der Waals surface area contributed by atoms with Gasteiger partial charge in [-0.2, -0.15) is 0 Å². The van der Waals surface area contributed by atoms with Crippen molar-refractivity contribution in [3.8, 4) is 0 Å². The minimum Gasteiger partial charge on any atom is -0.324 e. The van der Waals surface area contributed by atoms with Crippen LogP contribution in [-0.4, -0.2) is 35.4 Å². The molecule has 2 aromatic rings. The fourth-order valence-electron chi connectivity index (χ4n) is 2.47. The van der Waals surface area contributed by atoms with Gasteiger partial charge < -0.3 is 5.32 Å². The van der Waals surface area contributed by atoms with Crippen LogP contribution in [0.1, 0.15) is 20.7 Å². The Balaban J connectivity index is 1.76. The second-order valence-electron chi connectivity index (χ2n) is 5.29. The number of anilines is 1. The molecule has 0 atom stereocenters. The third-order valence-electron chi connectivity index (χ3n) is 3.67. The number of amides is 3. The lowest BCUT2D eigenvalue weighted by Crippen LogP contribution is -2.37. The van der Waals surface area contributed by atoms with Crippen LogP contribution < -0.4 is 5.32 Å². The average molecular weight is 395 g/mol. The van der Waals surface area contributed by atoms with Crippen LogP contribution in [0.5, 0.6) is 0 Å². The van der Waals surface area contributed by atoms with Crippen LogP contribution in [0.2, 0.25) is 10.0 Å². The maximum Gasteiger partial charge on any atom is 0.262 e. The molecule has 8 heteroatoms. The topological polar surface area (TPSA) is 66.5 Å². The number of hydrogen-bond donors (Lipinski definition) is 1. The molecule has 1 heterocycles. The van der Waals surface area contributed by atoms with Crippen LogP contribution in [0.25, 0.3) is 0 Å². The van der Waals surface area contributed by atoms with Gasteiger partial charge in [0.05, 0.1) is 21.2 Å². The molecule has 128 valence electrons. The summed E-state index contributed by atoms with van der Waals surface area (Å²) < 4.78 is 0. The molecule has 1 aliphatic heterocycles. The molecule has 0 saturated heterocycles. The van der Waals surface area contributed by atoms with Gasteiger partial charge in [-0.1, -0.05) is 29.3 Å². The van der Waals surface area contributed by atoms with Crippen LogP contribution in [0.4, 0.5) is 5.69 Å². The summed E-state index contributed by atoms with van der Waals surface area (Å²) >= 11 is 13.3. The molecule has 0 radical (unpaired) electrons. The second-order valence-corrected chi connectivity index (χ2v) is 6.98. The molecule has 0 unspecified atom stereocenters. The smallest absolute Gasteiger partial charge is 0.262 e. The highest BCUT2D eigenvalue weighted by Gasteiger charge is 2.37. The summed E-state index contributed by atoms with van der Waals surface area (Å²) in [6.45, 7) is -0.384. The van der Waals surface area contributed by atoms with E-state index >= 15 is 0 Å². The lowest BCUT2D eigenvalue weighted by atomic mass is 10.1. The van der Waals surface area contributed by atoms with E-state index in [-0.39, 0.29) is 27.7 Å². The number of hydrogen-bond acceptors (Lipinski definition) is 4. The molecule has 1 aliphatic rings. The zero-order valence-electron chi connectivity index (χ0n) is 13.0. The summed E-state index contributed by atoms with van der Waals surface area (Å²) in [7, 11) is 0. The first-order valence-corrected chi connectivity index (χ1v) is 9.18. The van der Waals surface area contributed by atoms with Gasteiger partial charge >= 0.3 is 0 Å². The average Bonchev–Trinajstić information content (AvgIpc) is 2.80. The number of imide groups is 1. The Kier molecular flexibility index (Phi) is 5.03. The van der Waals surface area contributed by atoms with Crippen LogP contribution in [0, 0.1) is 0 Å². The van der Waals surface area contributed by atoms with Gasteiger partial charge in [0.2, 0.25) is 5.91 Å². The fraction of sp³-hybridized carbons (Fsp3) is 0.118. The molecule has 0 aromatic heterocycles. The van der Waals surface area contributed by atoms with E-state index in [4.69, 9.17) is 23.2 Å². The molecule has 0 saturated carbocycles. The number of halogens is 2. The highest BCUT2D eigenvalue weighted by atomic mass is 35.5. The first-order chi connectivity index (χ1) is 11.9. The minimum atomic E-state index is -0.563. The van der Waals surface area contributed by atoms with E-state index in [9.17, 15) is 14.4 Å². The number of nitrogens with one attached hydrogen (secondary N) is 1. The van der Waals surface area contributed by atoms with Gasteiger partial charge in [-0.15, -0.1) is 11.8 Å². The van der Waals surface area contributed by atoms with Crippen molar-refractivity contribution in [1.82, 2.24) is 4.90 Å². The molecule has 0 bridgehead atoms. The second kappa shape index (κ2) is 7.07. The Morgan fingerprint density at radius 3 is 2.24 bits per heavy atom. The summed E-state index contributed by atoms with van der Waals surface area (Å²) in [5, 5.41) is 3.05. The highest BCUT2D eigenvalue weighted by molar-refractivity contribution is 7.98. The van der Waals surface area contributed by atoms with Crippen LogP contribution in [0.15, 0.2) is 41.3 Å². The summed E-state index contributed by atoms with van der Waals surface area (Å²) in [6.07, 6.45) is 1.93. The monoisotopic (exact) mass is 394 g/mol. The van der Waals surface area contributed by atoms with Crippen LogP contribution >= 0.6 is 35.0 Å². The Morgan fingerprint density at radius 1 is 1.08 bits per heavy atom. The van der Waals surface area contributed by atoms with Gasteiger partial charge in [0.15, 0.2) is 0 Å². The quantitative estimate of drug-likeness (QED) is 0.629. The molecular formula is C17H12Cl2N2O3S. The normalized spacial score (nSPS) is 13.2. The van der Waals surface area contributed by atoms with Crippen LogP contribution in [-0.2, 0) is 4.79 Å². The molecule has 0 aliphatic carbocycles. The van der Waals surface area contributed by atoms with Gasteiger partial charge in [-0.05, 0) is 36.6 Å². The largest absolute Gasteiger partial charge is 0.324 e. The molecule has 2 aromatic carbocycles. The first-order valence-electron chi connectivity index (χ1n) is 7.20. The summed E-state index contributed by atoms with van der Waals surface area (Å²) in [6, 6.07) is 9.97. The van der Waals surface area contributed by atoms with Crippen molar-refractivity contribution in [3.63, 3.8) is 0 Å². The number of thioether (sulfide) groups is 1. The molecule has 0 spiro atoms. The summed E-state index contributed by atoms with van der Waals surface area (Å²) in [5.41, 5.74) is 0.896. The maximum atomic E-state index is 12.4. The van der Waals surface area contributed by atoms with E-state index in [2.05, 4.69) is 5.32 Å². The molecule has 3 rings (SSSR count). The zero-order valence-corrected chi connectivity index (χ0v) is 15.3. The van der Waals surface area contributed by atoms with E-state index in [1.165, 1.54) is 12.1 Å². The number of benzene rings is 2. The van der Waals surface area contributed by atoms with Crippen molar-refractivity contribution in [1.29, 1.82) is 0 Å². The third-order valence-corrected chi connectivity index (χ3v) is 5.11. The number of rotatable bonds is 4. The lowest BCUT2D eigenvalue weighted by molar-refractivity contribution is -0.116. The summed E-state index contributed by atoms with van der Waals surface area (Å²) in [4.78, 5) is 38.9. The predicted octanol–water partition coefficient (Wildman–Crippen LogP) is 3.95. The Morgan fingerprint density at radius 2 is 1.68 bits per heavy atom. The zero-order chi connectivity index (χ0) is 18.1. The highest BCUT2D eigenvalue weighted by Crippen LogP contribution is 2.31. The van der Waals surface area contributed by atoms with Crippen molar-refractivity contribution in [2.45, 2.75) is 4.90 Å². The van der Waals surface area contributed by atoms with Crippen molar-refractivity contribution in [3.05, 3.63) is 57.6 Å². The van der Waals surface area contributed by atoms with Crippen molar-refractivity contribution >= 4 is 58.4 Å². The maximum absolute atomic E-state index is 12.4. The standard InChI is InChI=1S/C17H12Cl2N2O3S/c1-25-10-4-2-3-9(5-10)20-15(22)8-21-16(23)11-6-13(18)14(19)7-12(11)17(21)24/h2-7H,8H2,1H3,(H,20,22). The molecule has 0 fully saturated rings. The van der Waals surface area contributed by atoms with E-state index in [1.54, 1.807) is 17.8 Å². The first kappa shape index (κ1) is 17.8. The van der Waals surface area contributed by atoms with Gasteiger partial charge in [0.25, 0.3) is 11.8 Å². The van der Waals surface area contributed by atoms with E-state index < -0.39 is 17.7 Å². The SMILES string of the molecule is CSc1cccc(NC(=O)CN2C(=O)c3cc(Cl)c(Cl)cc3C2=O)c1. The van der Waals surface area contributed by atoms with Crippen molar-refractivity contribution in [2.75, 3.05) is 18.1 Å². The molecule has 5 nitrogen and oxygen atoms in total. The predicted molar refractivity (Wildman–Crippen MR) is 98.7 cm³/mol. The number of carbonyl (C=O) groups is 3. The van der Waals surface area contributed by atoms with Gasteiger partial charge in [0.1, 0.15) is 6.54 Å². The van der Waals surface area contributed by atoms with E-state index in [0.29, 0.717) is 5.69 Å². The van der Waals surface area contributed by atoms with Gasteiger partial charge in [0, 0.05) is 10.6 Å². The summed E-state index contributed by atoms with van der Waals surface area (Å²) in [5.74, 6) is -1.59. The van der Waals surface area contributed by atoms with E-state index in [0.717, 1.165) is 9.80 Å². The Hall–Kier alpha value is -2.02. The molecular weight excluding hydrogens is 383 g/mol. The van der Waals surface area contributed by atoms with Gasteiger partial charge in [-0.25, -0.2) is 0 Å².